The molecule has 6 heteroatoms. The molecule has 1 amide bonds. The first-order chi connectivity index (χ1) is 14.0. The van der Waals surface area contributed by atoms with Gasteiger partial charge in [0.25, 0.3) is 5.91 Å². The number of para-hydroxylation sites is 1. The fourth-order valence-corrected chi connectivity index (χ4v) is 3.41. The summed E-state index contributed by atoms with van der Waals surface area (Å²) >= 11 is 0. The van der Waals surface area contributed by atoms with Crippen molar-refractivity contribution in [2.45, 2.75) is 19.4 Å². The lowest BCUT2D eigenvalue weighted by atomic mass is 10.0. The number of aryl methyl sites for hydroxylation is 1. The molecule has 2 heterocycles. The van der Waals surface area contributed by atoms with Crippen molar-refractivity contribution in [2.24, 2.45) is 0 Å². The van der Waals surface area contributed by atoms with Crippen LogP contribution in [-0.2, 0) is 11.2 Å². The largest absolute Gasteiger partial charge is 0.480 e. The molecule has 1 atom stereocenters. The second-order valence-electron chi connectivity index (χ2n) is 6.87. The van der Waals surface area contributed by atoms with Gasteiger partial charge >= 0.3 is 5.97 Å². The number of furan rings is 1. The monoisotopic (exact) mass is 388 g/mol. The second kappa shape index (κ2) is 7.67. The normalized spacial score (nSPS) is 12.0. The zero-order valence-corrected chi connectivity index (χ0v) is 15.8. The summed E-state index contributed by atoms with van der Waals surface area (Å²) in [7, 11) is 0. The van der Waals surface area contributed by atoms with E-state index in [0.29, 0.717) is 17.1 Å². The first-order valence-corrected chi connectivity index (χ1v) is 9.27. The van der Waals surface area contributed by atoms with E-state index in [2.05, 4.69) is 10.3 Å². The Bertz CT molecular complexity index is 1170. The number of carboxylic acid groups (broad SMARTS) is 1. The topological polar surface area (TPSA) is 95.3 Å². The fourth-order valence-electron chi connectivity index (χ4n) is 3.41. The number of aromatic nitrogens is 1. The van der Waals surface area contributed by atoms with Crippen molar-refractivity contribution in [1.29, 1.82) is 0 Å². The SMILES string of the molecule is Cc1oc(-c2ccccc2)cc1C(=O)N[C@@H](Cc1c[nH]c2ccccc12)C(=O)O. The van der Waals surface area contributed by atoms with E-state index in [1.54, 1.807) is 19.2 Å². The van der Waals surface area contributed by atoms with Crippen LogP contribution >= 0.6 is 0 Å². The number of carbonyl (C=O) groups excluding carboxylic acids is 1. The van der Waals surface area contributed by atoms with Gasteiger partial charge in [0.2, 0.25) is 0 Å². The molecule has 146 valence electrons. The quantitative estimate of drug-likeness (QED) is 0.462. The molecule has 0 unspecified atom stereocenters. The summed E-state index contributed by atoms with van der Waals surface area (Å²) in [6.45, 7) is 1.69. The highest BCUT2D eigenvalue weighted by molar-refractivity contribution is 5.98. The predicted molar refractivity (Wildman–Crippen MR) is 110 cm³/mol. The minimum absolute atomic E-state index is 0.174. The van der Waals surface area contributed by atoms with Crippen molar-refractivity contribution in [3.8, 4) is 11.3 Å². The number of carbonyl (C=O) groups is 2. The Hall–Kier alpha value is -3.80. The summed E-state index contributed by atoms with van der Waals surface area (Å²) in [5.74, 6) is -0.553. The van der Waals surface area contributed by atoms with Crippen LogP contribution in [0.25, 0.3) is 22.2 Å². The maximum atomic E-state index is 12.8. The number of benzene rings is 2. The van der Waals surface area contributed by atoms with Gasteiger partial charge in [-0.2, -0.15) is 0 Å². The first kappa shape index (κ1) is 18.6. The van der Waals surface area contributed by atoms with Gasteiger partial charge in [0.05, 0.1) is 5.56 Å². The highest BCUT2D eigenvalue weighted by Crippen LogP contribution is 2.25. The van der Waals surface area contributed by atoms with Crippen molar-refractivity contribution >= 4 is 22.8 Å². The molecule has 0 aliphatic rings. The number of aliphatic carboxylic acids is 1. The zero-order chi connectivity index (χ0) is 20.4. The summed E-state index contributed by atoms with van der Waals surface area (Å²) < 4.78 is 5.71. The van der Waals surface area contributed by atoms with E-state index in [4.69, 9.17) is 4.42 Å². The Balaban J connectivity index is 1.55. The van der Waals surface area contributed by atoms with Gasteiger partial charge in [-0.15, -0.1) is 0 Å². The van der Waals surface area contributed by atoms with Gasteiger partial charge in [0.15, 0.2) is 0 Å². The Morgan fingerprint density at radius 1 is 1.10 bits per heavy atom. The fraction of sp³-hybridized carbons (Fsp3) is 0.130. The number of carboxylic acids is 1. The lowest BCUT2D eigenvalue weighted by Crippen LogP contribution is -2.42. The predicted octanol–water partition coefficient (Wildman–Crippen LogP) is 4.16. The lowest BCUT2D eigenvalue weighted by molar-refractivity contribution is -0.139. The molecule has 0 saturated carbocycles. The molecule has 3 N–H and O–H groups in total. The standard InChI is InChI=1S/C23H20N2O4/c1-14-18(12-21(29-14)15-7-3-2-4-8-15)22(26)25-20(23(27)28)11-16-13-24-19-10-6-5-9-17(16)19/h2-10,12-13,20,24H,11H2,1H3,(H,25,26)(H,27,28)/t20-/m0/s1. The van der Waals surface area contributed by atoms with Gasteiger partial charge in [0.1, 0.15) is 17.6 Å². The van der Waals surface area contributed by atoms with Crippen LogP contribution in [0.4, 0.5) is 0 Å². The van der Waals surface area contributed by atoms with Crippen molar-refractivity contribution in [3.05, 3.63) is 83.7 Å². The Labute approximate surface area is 167 Å². The van der Waals surface area contributed by atoms with E-state index in [1.165, 1.54) is 0 Å². The van der Waals surface area contributed by atoms with Crippen LogP contribution in [0.15, 0.2) is 71.3 Å². The zero-order valence-electron chi connectivity index (χ0n) is 15.8. The van der Waals surface area contributed by atoms with Crippen LogP contribution in [0.5, 0.6) is 0 Å². The number of rotatable bonds is 6. The van der Waals surface area contributed by atoms with Crippen LogP contribution in [0.3, 0.4) is 0 Å². The smallest absolute Gasteiger partial charge is 0.326 e. The average Bonchev–Trinajstić information content (AvgIpc) is 3.32. The van der Waals surface area contributed by atoms with Gasteiger partial charge in [-0.25, -0.2) is 4.79 Å². The molecule has 2 aromatic carbocycles. The summed E-state index contributed by atoms with van der Waals surface area (Å²) in [4.78, 5) is 27.7. The summed E-state index contributed by atoms with van der Waals surface area (Å²) in [6, 6.07) is 17.7. The molecule has 4 rings (SSSR count). The maximum Gasteiger partial charge on any atom is 0.326 e. The van der Waals surface area contributed by atoms with Gasteiger partial charge < -0.3 is 19.8 Å². The van der Waals surface area contributed by atoms with E-state index >= 15 is 0 Å². The Morgan fingerprint density at radius 2 is 1.83 bits per heavy atom. The Morgan fingerprint density at radius 3 is 2.59 bits per heavy atom. The van der Waals surface area contributed by atoms with Crippen molar-refractivity contribution in [3.63, 3.8) is 0 Å². The molecule has 0 aliphatic carbocycles. The molecule has 0 radical (unpaired) electrons. The molecule has 0 fully saturated rings. The van der Waals surface area contributed by atoms with E-state index in [1.807, 2.05) is 54.6 Å². The molecule has 6 nitrogen and oxygen atoms in total. The third-order valence-corrected chi connectivity index (χ3v) is 4.92. The number of hydrogen-bond donors (Lipinski definition) is 3. The lowest BCUT2D eigenvalue weighted by Gasteiger charge is -2.14. The molecule has 0 bridgehead atoms. The van der Waals surface area contributed by atoms with Gasteiger partial charge in [-0.1, -0.05) is 48.5 Å². The molecule has 2 aromatic heterocycles. The maximum absolute atomic E-state index is 12.8. The number of hydrogen-bond acceptors (Lipinski definition) is 3. The molecule has 4 aromatic rings. The number of fused-ring (bicyclic) bond motifs is 1. The van der Waals surface area contributed by atoms with Crippen LogP contribution in [0.1, 0.15) is 21.7 Å². The van der Waals surface area contributed by atoms with Crippen molar-refractivity contribution < 1.29 is 19.1 Å². The van der Waals surface area contributed by atoms with E-state index in [9.17, 15) is 14.7 Å². The summed E-state index contributed by atoms with van der Waals surface area (Å²) in [5.41, 5.74) is 2.94. The van der Waals surface area contributed by atoms with Gasteiger partial charge in [-0.3, -0.25) is 4.79 Å². The van der Waals surface area contributed by atoms with E-state index in [0.717, 1.165) is 22.0 Å². The molecular weight excluding hydrogens is 368 g/mol. The molecule has 29 heavy (non-hydrogen) atoms. The average molecular weight is 388 g/mol. The number of amides is 1. The molecular formula is C23H20N2O4. The number of H-pyrrole nitrogens is 1. The minimum atomic E-state index is -1.09. The van der Waals surface area contributed by atoms with Crippen LogP contribution in [0, 0.1) is 6.92 Å². The summed E-state index contributed by atoms with van der Waals surface area (Å²) in [6.07, 6.45) is 1.96. The van der Waals surface area contributed by atoms with Crippen LogP contribution in [-0.4, -0.2) is 28.0 Å². The summed E-state index contributed by atoms with van der Waals surface area (Å²) in [5, 5.41) is 13.2. The number of aromatic amines is 1. The molecule has 0 spiro atoms. The van der Waals surface area contributed by atoms with E-state index < -0.39 is 17.9 Å². The molecule has 0 aliphatic heterocycles. The van der Waals surface area contributed by atoms with Gasteiger partial charge in [0, 0.05) is 29.1 Å². The third kappa shape index (κ3) is 3.78. The van der Waals surface area contributed by atoms with E-state index in [-0.39, 0.29) is 6.42 Å². The minimum Gasteiger partial charge on any atom is -0.480 e. The van der Waals surface area contributed by atoms with Crippen molar-refractivity contribution in [2.75, 3.05) is 0 Å². The highest BCUT2D eigenvalue weighted by Gasteiger charge is 2.25. The van der Waals surface area contributed by atoms with Crippen LogP contribution < -0.4 is 5.32 Å². The number of nitrogens with one attached hydrogen (secondary N) is 2. The van der Waals surface area contributed by atoms with Crippen LogP contribution in [0.2, 0.25) is 0 Å². The third-order valence-electron chi connectivity index (χ3n) is 4.92. The second-order valence-corrected chi connectivity index (χ2v) is 6.87. The Kier molecular flexibility index (Phi) is 4.91. The van der Waals surface area contributed by atoms with Crippen molar-refractivity contribution in [1.82, 2.24) is 10.3 Å². The van der Waals surface area contributed by atoms with Gasteiger partial charge in [-0.05, 0) is 24.6 Å². The molecule has 0 saturated heterocycles. The highest BCUT2D eigenvalue weighted by atomic mass is 16.4. The first-order valence-electron chi connectivity index (χ1n) is 9.27.